The molecule has 0 N–H and O–H groups in total. The summed E-state index contributed by atoms with van der Waals surface area (Å²) < 4.78 is 0. The van der Waals surface area contributed by atoms with E-state index >= 15 is 0 Å². The largest absolute Gasteiger partial charge is 0.265 e. The van der Waals surface area contributed by atoms with Crippen molar-refractivity contribution in [1.29, 1.82) is 0 Å². The molecule has 0 saturated heterocycles. The van der Waals surface area contributed by atoms with Crippen molar-refractivity contribution < 1.29 is 0 Å². The minimum absolute atomic E-state index is 1.14. The maximum Gasteiger partial charge on any atom is 0.0297 e. The van der Waals surface area contributed by atoms with Crippen LogP contribution in [0.1, 0.15) is 37.5 Å². The number of aryl methyl sites for hydroxylation is 3. The van der Waals surface area contributed by atoms with E-state index in [0.29, 0.717) is 0 Å². The molecule has 0 aliphatic heterocycles. The Bertz CT molecular complexity index is 555. The molecular weight excluding hydrogens is 292 g/mol. The molecular formula is C22H30N2. The van der Waals surface area contributed by atoms with Gasteiger partial charge in [-0.1, -0.05) is 57.2 Å². The summed E-state index contributed by atoms with van der Waals surface area (Å²) in [6.45, 7) is 10.2. The number of nitrogens with zero attached hydrogens (tertiary/aromatic N) is 2. The van der Waals surface area contributed by atoms with Gasteiger partial charge in [-0.25, -0.2) is 0 Å². The van der Waals surface area contributed by atoms with Crippen molar-refractivity contribution in [2.75, 3.05) is 0 Å². The zero-order valence-corrected chi connectivity index (χ0v) is 15.6. The highest BCUT2D eigenvalue weighted by Crippen LogP contribution is 1.96. The second-order valence-electron chi connectivity index (χ2n) is 4.89. The molecule has 2 aromatic heterocycles. The quantitative estimate of drug-likeness (QED) is 0.544. The summed E-state index contributed by atoms with van der Waals surface area (Å²) in [5, 5.41) is 0. The van der Waals surface area contributed by atoms with Crippen molar-refractivity contribution in [2.24, 2.45) is 0 Å². The highest BCUT2D eigenvalue weighted by atomic mass is 14.6. The number of rotatable bonds is 1. The maximum atomic E-state index is 3.88. The number of hydrogen-bond acceptors (Lipinski definition) is 2. The van der Waals surface area contributed by atoms with Crippen LogP contribution in [0.4, 0.5) is 0 Å². The van der Waals surface area contributed by atoms with Gasteiger partial charge in [0.05, 0.1) is 0 Å². The van der Waals surface area contributed by atoms with E-state index in [4.69, 9.17) is 0 Å². The van der Waals surface area contributed by atoms with E-state index in [9.17, 15) is 0 Å². The lowest BCUT2D eigenvalue weighted by molar-refractivity contribution is 1.14. The van der Waals surface area contributed by atoms with Gasteiger partial charge in [0.25, 0.3) is 0 Å². The Labute approximate surface area is 147 Å². The van der Waals surface area contributed by atoms with Crippen LogP contribution >= 0.6 is 0 Å². The van der Waals surface area contributed by atoms with E-state index in [1.54, 1.807) is 18.6 Å². The van der Waals surface area contributed by atoms with Crippen molar-refractivity contribution in [3.8, 4) is 0 Å². The first-order valence-corrected chi connectivity index (χ1v) is 8.49. The van der Waals surface area contributed by atoms with Crippen molar-refractivity contribution in [1.82, 2.24) is 9.97 Å². The average molecular weight is 322 g/mol. The van der Waals surface area contributed by atoms with Crippen molar-refractivity contribution in [2.45, 2.75) is 41.0 Å². The van der Waals surface area contributed by atoms with E-state index < -0.39 is 0 Å². The number of benzene rings is 1. The Morgan fingerprint density at radius 3 is 1.58 bits per heavy atom. The van der Waals surface area contributed by atoms with Gasteiger partial charge < -0.3 is 0 Å². The van der Waals surface area contributed by atoms with Gasteiger partial charge in [0.15, 0.2) is 0 Å². The van der Waals surface area contributed by atoms with Gasteiger partial charge in [-0.3, -0.25) is 9.97 Å². The van der Waals surface area contributed by atoms with Crippen molar-refractivity contribution in [3.63, 3.8) is 0 Å². The predicted molar refractivity (Wildman–Crippen MR) is 105 cm³/mol. The second-order valence-corrected chi connectivity index (χ2v) is 4.89. The normalized spacial score (nSPS) is 8.38. The van der Waals surface area contributed by atoms with E-state index in [0.717, 1.165) is 6.42 Å². The van der Waals surface area contributed by atoms with Gasteiger partial charge in [0, 0.05) is 24.8 Å². The molecule has 0 unspecified atom stereocenters. The first-order chi connectivity index (χ1) is 11.7. The van der Waals surface area contributed by atoms with E-state index in [1.807, 2.05) is 64.2 Å². The maximum absolute atomic E-state index is 3.88. The Morgan fingerprint density at radius 1 is 0.667 bits per heavy atom. The minimum atomic E-state index is 1.14. The summed E-state index contributed by atoms with van der Waals surface area (Å²) in [4.78, 5) is 7.73. The number of pyridine rings is 2. The van der Waals surface area contributed by atoms with Crippen LogP contribution in [0.5, 0.6) is 0 Å². The predicted octanol–water partition coefficient (Wildman–Crippen LogP) is 6.06. The van der Waals surface area contributed by atoms with Crippen LogP contribution in [-0.4, -0.2) is 9.97 Å². The van der Waals surface area contributed by atoms with Crippen LogP contribution in [0.3, 0.4) is 0 Å². The van der Waals surface area contributed by atoms with Gasteiger partial charge in [-0.15, -0.1) is 0 Å². The van der Waals surface area contributed by atoms with Crippen molar-refractivity contribution in [3.05, 3.63) is 96.1 Å². The van der Waals surface area contributed by atoms with Crippen LogP contribution < -0.4 is 0 Å². The molecule has 2 nitrogen and oxygen atoms in total. The number of hydrogen-bond donors (Lipinski definition) is 0. The summed E-state index contributed by atoms with van der Waals surface area (Å²) >= 11 is 0. The Kier molecular flexibility index (Phi) is 13.8. The van der Waals surface area contributed by atoms with E-state index in [2.05, 4.69) is 41.2 Å². The lowest BCUT2D eigenvalue weighted by Crippen LogP contribution is -1.73. The lowest BCUT2D eigenvalue weighted by Gasteiger charge is -1.89. The summed E-state index contributed by atoms with van der Waals surface area (Å²) in [5.41, 5.74) is 3.88. The Hall–Kier alpha value is -2.48. The summed E-state index contributed by atoms with van der Waals surface area (Å²) in [7, 11) is 0. The first kappa shape index (κ1) is 21.5. The molecule has 0 amide bonds. The third-order valence-electron chi connectivity index (χ3n) is 2.91. The van der Waals surface area contributed by atoms with E-state index in [1.165, 1.54) is 16.7 Å². The molecule has 1 aromatic carbocycles. The Morgan fingerprint density at radius 2 is 1.29 bits per heavy atom. The zero-order valence-electron chi connectivity index (χ0n) is 15.6. The molecule has 24 heavy (non-hydrogen) atoms. The van der Waals surface area contributed by atoms with Gasteiger partial charge in [-0.05, 0) is 55.2 Å². The molecule has 0 atom stereocenters. The highest BCUT2D eigenvalue weighted by Gasteiger charge is 1.80. The third kappa shape index (κ3) is 12.1. The average Bonchev–Trinajstić information content (AvgIpc) is 2.66. The van der Waals surface area contributed by atoms with Crippen LogP contribution in [0.15, 0.2) is 79.4 Å². The molecule has 0 saturated carbocycles. The standard InChI is InChI=1S/C8H10.2C6H7N.C2H6/c1-2-8-6-4-3-5-7-8;1-6-2-4-7-5-3-6;1-6-3-2-4-7-5-6;1-2/h3-7H,2H2,1H3;2*2-5H,1H3;1-2H3. The SMILES string of the molecule is CC.CCc1ccccc1.Cc1cccnc1.Cc1ccncc1. The van der Waals surface area contributed by atoms with E-state index in [-0.39, 0.29) is 0 Å². The topological polar surface area (TPSA) is 25.8 Å². The zero-order chi connectivity index (χ0) is 18.0. The number of aromatic nitrogens is 2. The fourth-order valence-electron chi connectivity index (χ4n) is 1.59. The monoisotopic (exact) mass is 322 g/mol. The molecule has 0 aliphatic rings. The Balaban J connectivity index is 0.000000315. The van der Waals surface area contributed by atoms with Crippen LogP contribution in [0.25, 0.3) is 0 Å². The molecule has 3 aromatic rings. The lowest BCUT2D eigenvalue weighted by atomic mass is 10.2. The molecule has 2 heterocycles. The fourth-order valence-corrected chi connectivity index (χ4v) is 1.59. The smallest absolute Gasteiger partial charge is 0.0297 e. The second kappa shape index (κ2) is 15.4. The van der Waals surface area contributed by atoms with Crippen LogP contribution in [-0.2, 0) is 6.42 Å². The molecule has 0 fully saturated rings. The first-order valence-electron chi connectivity index (χ1n) is 8.49. The van der Waals surface area contributed by atoms with Crippen LogP contribution in [0.2, 0.25) is 0 Å². The minimum Gasteiger partial charge on any atom is -0.265 e. The van der Waals surface area contributed by atoms with Crippen LogP contribution in [0, 0.1) is 13.8 Å². The summed E-state index contributed by atoms with van der Waals surface area (Å²) in [6.07, 6.45) is 8.32. The fraction of sp³-hybridized carbons (Fsp3) is 0.273. The summed E-state index contributed by atoms with van der Waals surface area (Å²) in [5.74, 6) is 0. The molecule has 0 spiro atoms. The van der Waals surface area contributed by atoms with Gasteiger partial charge in [0.2, 0.25) is 0 Å². The van der Waals surface area contributed by atoms with Gasteiger partial charge >= 0.3 is 0 Å². The van der Waals surface area contributed by atoms with Gasteiger partial charge in [-0.2, -0.15) is 0 Å². The molecule has 0 radical (unpaired) electrons. The molecule has 0 aliphatic carbocycles. The highest BCUT2D eigenvalue weighted by molar-refractivity contribution is 5.13. The molecule has 3 rings (SSSR count). The molecule has 128 valence electrons. The molecule has 2 heteroatoms. The summed E-state index contributed by atoms with van der Waals surface area (Å²) in [6, 6.07) is 18.3. The molecule has 0 bridgehead atoms. The van der Waals surface area contributed by atoms with Crippen molar-refractivity contribution >= 4 is 0 Å². The van der Waals surface area contributed by atoms with Gasteiger partial charge in [0.1, 0.15) is 0 Å². The third-order valence-corrected chi connectivity index (χ3v) is 2.91.